The van der Waals surface area contributed by atoms with E-state index in [4.69, 9.17) is 15.2 Å². The number of halogens is 1. The molecule has 112 valence electrons. The normalized spacial score (nSPS) is 10.4. The van der Waals surface area contributed by atoms with Crippen molar-refractivity contribution in [3.05, 3.63) is 59.4 Å². The Hall–Kier alpha value is -2.07. The Labute approximate surface area is 124 Å². The largest absolute Gasteiger partial charge is 0.493 e. The SMILES string of the molecule is COc1ccc(CCCN)cc1OCc1ccc(F)cc1. The summed E-state index contributed by atoms with van der Waals surface area (Å²) in [4.78, 5) is 0. The predicted molar refractivity (Wildman–Crippen MR) is 81.1 cm³/mol. The summed E-state index contributed by atoms with van der Waals surface area (Å²) < 4.78 is 24.0. The van der Waals surface area contributed by atoms with Gasteiger partial charge in [0, 0.05) is 0 Å². The van der Waals surface area contributed by atoms with Crippen LogP contribution < -0.4 is 15.2 Å². The molecular weight excluding hydrogens is 269 g/mol. The molecule has 0 heterocycles. The summed E-state index contributed by atoms with van der Waals surface area (Å²) in [7, 11) is 1.61. The van der Waals surface area contributed by atoms with Gasteiger partial charge in [-0.15, -0.1) is 0 Å². The van der Waals surface area contributed by atoms with Gasteiger partial charge in [0.1, 0.15) is 12.4 Å². The molecule has 2 aromatic rings. The lowest BCUT2D eigenvalue weighted by Gasteiger charge is -2.12. The summed E-state index contributed by atoms with van der Waals surface area (Å²) in [5.41, 5.74) is 7.60. The average Bonchev–Trinajstić information content (AvgIpc) is 2.52. The first-order chi connectivity index (χ1) is 10.2. The molecule has 0 saturated carbocycles. The van der Waals surface area contributed by atoms with E-state index in [1.807, 2.05) is 18.2 Å². The van der Waals surface area contributed by atoms with Gasteiger partial charge in [-0.3, -0.25) is 0 Å². The van der Waals surface area contributed by atoms with Crippen molar-refractivity contribution in [2.24, 2.45) is 5.73 Å². The summed E-state index contributed by atoms with van der Waals surface area (Å²) in [6.45, 7) is 1.04. The van der Waals surface area contributed by atoms with Crippen molar-refractivity contribution in [2.75, 3.05) is 13.7 Å². The van der Waals surface area contributed by atoms with Crippen molar-refractivity contribution in [3.63, 3.8) is 0 Å². The first kappa shape index (κ1) is 15.3. The summed E-state index contributed by atoms with van der Waals surface area (Å²) in [6.07, 6.45) is 1.84. The van der Waals surface area contributed by atoms with E-state index in [1.165, 1.54) is 12.1 Å². The van der Waals surface area contributed by atoms with E-state index in [1.54, 1.807) is 19.2 Å². The quantitative estimate of drug-likeness (QED) is 0.850. The predicted octanol–water partition coefficient (Wildman–Crippen LogP) is 3.30. The molecule has 2 rings (SSSR count). The Kier molecular flexibility index (Phi) is 5.58. The number of methoxy groups -OCH3 is 1. The molecule has 0 fully saturated rings. The van der Waals surface area contributed by atoms with E-state index >= 15 is 0 Å². The number of hydrogen-bond donors (Lipinski definition) is 1. The zero-order valence-corrected chi connectivity index (χ0v) is 12.1. The molecule has 0 aromatic heterocycles. The second kappa shape index (κ2) is 7.64. The Balaban J connectivity index is 2.07. The van der Waals surface area contributed by atoms with Crippen LogP contribution in [-0.2, 0) is 13.0 Å². The van der Waals surface area contributed by atoms with Gasteiger partial charge < -0.3 is 15.2 Å². The summed E-state index contributed by atoms with van der Waals surface area (Å²) in [5.74, 6) is 1.13. The minimum absolute atomic E-state index is 0.250. The molecule has 0 saturated heterocycles. The van der Waals surface area contributed by atoms with Gasteiger partial charge in [0.25, 0.3) is 0 Å². The van der Waals surface area contributed by atoms with Gasteiger partial charge in [-0.05, 0) is 54.8 Å². The molecule has 0 aliphatic carbocycles. The highest BCUT2D eigenvalue weighted by atomic mass is 19.1. The molecule has 0 unspecified atom stereocenters. The Bertz CT molecular complexity index is 570. The minimum atomic E-state index is -0.250. The number of benzene rings is 2. The van der Waals surface area contributed by atoms with Gasteiger partial charge in [0.05, 0.1) is 7.11 Å². The zero-order chi connectivity index (χ0) is 15.1. The first-order valence-electron chi connectivity index (χ1n) is 6.97. The number of aryl methyl sites for hydroxylation is 1. The molecule has 21 heavy (non-hydrogen) atoms. The van der Waals surface area contributed by atoms with Crippen molar-refractivity contribution >= 4 is 0 Å². The maximum absolute atomic E-state index is 12.9. The third-order valence-electron chi connectivity index (χ3n) is 3.21. The highest BCUT2D eigenvalue weighted by molar-refractivity contribution is 5.43. The second-order valence-electron chi connectivity index (χ2n) is 4.79. The number of nitrogens with two attached hydrogens (primary N) is 1. The molecule has 2 aromatic carbocycles. The van der Waals surface area contributed by atoms with E-state index in [0.29, 0.717) is 24.7 Å². The average molecular weight is 289 g/mol. The summed E-state index contributed by atoms with van der Waals surface area (Å²) in [6, 6.07) is 12.1. The van der Waals surface area contributed by atoms with Gasteiger partial charge in [-0.1, -0.05) is 18.2 Å². The van der Waals surface area contributed by atoms with Crippen LogP contribution in [0.15, 0.2) is 42.5 Å². The van der Waals surface area contributed by atoms with Crippen molar-refractivity contribution in [1.82, 2.24) is 0 Å². The van der Waals surface area contributed by atoms with E-state index in [-0.39, 0.29) is 5.82 Å². The standard InChI is InChI=1S/C17H20FNO2/c1-20-16-9-6-13(3-2-10-19)11-17(16)21-12-14-4-7-15(18)8-5-14/h4-9,11H,2-3,10,12,19H2,1H3. The van der Waals surface area contributed by atoms with Crippen molar-refractivity contribution in [2.45, 2.75) is 19.4 Å². The van der Waals surface area contributed by atoms with E-state index < -0.39 is 0 Å². The van der Waals surface area contributed by atoms with Gasteiger partial charge in [-0.25, -0.2) is 4.39 Å². The highest BCUT2D eigenvalue weighted by Gasteiger charge is 2.06. The molecule has 0 bridgehead atoms. The minimum Gasteiger partial charge on any atom is -0.493 e. The molecule has 3 nitrogen and oxygen atoms in total. The maximum Gasteiger partial charge on any atom is 0.161 e. The van der Waals surface area contributed by atoms with Crippen LogP contribution in [0, 0.1) is 5.82 Å². The van der Waals surface area contributed by atoms with Gasteiger partial charge in [0.2, 0.25) is 0 Å². The zero-order valence-electron chi connectivity index (χ0n) is 12.1. The number of hydrogen-bond acceptors (Lipinski definition) is 3. The van der Waals surface area contributed by atoms with Crippen molar-refractivity contribution in [1.29, 1.82) is 0 Å². The third kappa shape index (κ3) is 4.46. The fourth-order valence-electron chi connectivity index (χ4n) is 2.04. The van der Waals surface area contributed by atoms with E-state index in [9.17, 15) is 4.39 Å². The molecular formula is C17H20FNO2. The van der Waals surface area contributed by atoms with Crippen LogP contribution in [0.3, 0.4) is 0 Å². The summed E-state index contributed by atoms with van der Waals surface area (Å²) in [5, 5.41) is 0. The number of ether oxygens (including phenoxy) is 2. The van der Waals surface area contributed by atoms with Crippen LogP contribution in [0.5, 0.6) is 11.5 Å². The van der Waals surface area contributed by atoms with E-state index in [2.05, 4.69) is 0 Å². The van der Waals surface area contributed by atoms with Crippen molar-refractivity contribution < 1.29 is 13.9 Å². The molecule has 0 aliphatic heterocycles. The lowest BCUT2D eigenvalue weighted by Crippen LogP contribution is -2.02. The van der Waals surface area contributed by atoms with Gasteiger partial charge >= 0.3 is 0 Å². The molecule has 4 heteroatoms. The number of rotatable bonds is 7. The van der Waals surface area contributed by atoms with Crippen LogP contribution in [-0.4, -0.2) is 13.7 Å². The molecule has 2 N–H and O–H groups in total. The van der Waals surface area contributed by atoms with Crippen LogP contribution in [0.2, 0.25) is 0 Å². The Morgan fingerprint density at radius 1 is 1.00 bits per heavy atom. The highest BCUT2D eigenvalue weighted by Crippen LogP contribution is 2.29. The lowest BCUT2D eigenvalue weighted by molar-refractivity contribution is 0.284. The fraction of sp³-hybridized carbons (Fsp3) is 0.294. The smallest absolute Gasteiger partial charge is 0.161 e. The van der Waals surface area contributed by atoms with Crippen LogP contribution in [0.4, 0.5) is 4.39 Å². The van der Waals surface area contributed by atoms with E-state index in [0.717, 1.165) is 24.0 Å². The third-order valence-corrected chi connectivity index (χ3v) is 3.21. The van der Waals surface area contributed by atoms with Gasteiger partial charge in [0.15, 0.2) is 11.5 Å². The first-order valence-corrected chi connectivity index (χ1v) is 6.97. The lowest BCUT2D eigenvalue weighted by atomic mass is 10.1. The Morgan fingerprint density at radius 2 is 1.71 bits per heavy atom. The van der Waals surface area contributed by atoms with Crippen LogP contribution >= 0.6 is 0 Å². The molecule has 0 atom stereocenters. The molecule has 0 amide bonds. The maximum atomic E-state index is 12.9. The Morgan fingerprint density at radius 3 is 2.38 bits per heavy atom. The molecule has 0 radical (unpaired) electrons. The topological polar surface area (TPSA) is 44.5 Å². The van der Waals surface area contributed by atoms with Crippen molar-refractivity contribution in [3.8, 4) is 11.5 Å². The molecule has 0 spiro atoms. The molecule has 0 aliphatic rings. The monoisotopic (exact) mass is 289 g/mol. The van der Waals surface area contributed by atoms with Gasteiger partial charge in [-0.2, -0.15) is 0 Å². The second-order valence-corrected chi connectivity index (χ2v) is 4.79. The fourth-order valence-corrected chi connectivity index (χ4v) is 2.04. The van der Waals surface area contributed by atoms with Crippen LogP contribution in [0.25, 0.3) is 0 Å². The summed E-state index contributed by atoms with van der Waals surface area (Å²) >= 11 is 0. The van der Waals surface area contributed by atoms with Crippen LogP contribution in [0.1, 0.15) is 17.5 Å².